The molecule has 0 radical (unpaired) electrons. The summed E-state index contributed by atoms with van der Waals surface area (Å²) in [5.41, 5.74) is 1.96. The lowest BCUT2D eigenvalue weighted by Gasteiger charge is -2.31. The molecule has 1 rings (SSSR count). The van der Waals surface area contributed by atoms with E-state index in [1.165, 1.54) is 28.4 Å². The lowest BCUT2D eigenvalue weighted by molar-refractivity contribution is -0.137. The molecule has 23 heavy (non-hydrogen) atoms. The fourth-order valence-electron chi connectivity index (χ4n) is 2.73. The second-order valence-electron chi connectivity index (χ2n) is 5.10. The van der Waals surface area contributed by atoms with Crippen LogP contribution in [0.5, 0.6) is 0 Å². The Bertz CT molecular complexity index is 467. The second kappa shape index (κ2) is 9.32. The lowest BCUT2D eigenvalue weighted by atomic mass is 9.82. The van der Waals surface area contributed by atoms with E-state index in [1.54, 1.807) is 0 Å². The van der Waals surface area contributed by atoms with Gasteiger partial charge in [0.2, 0.25) is 0 Å². The SMILES string of the molecule is CCCC1C(C(=O)OC)=C(COC)NC(COC)=C1C(=O)OC. The highest BCUT2D eigenvalue weighted by Gasteiger charge is 2.37. The molecule has 0 saturated heterocycles. The molecule has 0 unspecified atom stereocenters. The van der Waals surface area contributed by atoms with Crippen molar-refractivity contribution in [2.75, 3.05) is 41.7 Å². The molecule has 1 heterocycles. The van der Waals surface area contributed by atoms with Crippen molar-refractivity contribution < 1.29 is 28.5 Å². The first-order chi connectivity index (χ1) is 11.0. The maximum Gasteiger partial charge on any atom is 0.336 e. The third-order valence-electron chi connectivity index (χ3n) is 3.61. The highest BCUT2D eigenvalue weighted by atomic mass is 16.5. The van der Waals surface area contributed by atoms with E-state index in [9.17, 15) is 9.59 Å². The number of hydrogen-bond donors (Lipinski definition) is 1. The third-order valence-corrected chi connectivity index (χ3v) is 3.61. The van der Waals surface area contributed by atoms with Crippen LogP contribution in [0.25, 0.3) is 0 Å². The summed E-state index contributed by atoms with van der Waals surface area (Å²) in [4.78, 5) is 24.6. The van der Waals surface area contributed by atoms with E-state index < -0.39 is 17.9 Å². The van der Waals surface area contributed by atoms with Gasteiger partial charge in [0.25, 0.3) is 0 Å². The van der Waals surface area contributed by atoms with Gasteiger partial charge >= 0.3 is 11.9 Å². The summed E-state index contributed by atoms with van der Waals surface area (Å²) in [6, 6.07) is 0. The third kappa shape index (κ3) is 4.33. The Morgan fingerprint density at radius 3 is 1.65 bits per heavy atom. The van der Waals surface area contributed by atoms with Crippen LogP contribution >= 0.6 is 0 Å². The van der Waals surface area contributed by atoms with E-state index in [-0.39, 0.29) is 13.2 Å². The molecule has 7 nitrogen and oxygen atoms in total. The van der Waals surface area contributed by atoms with Crippen molar-refractivity contribution in [3.05, 3.63) is 22.5 Å². The molecular formula is C16H25NO6. The molecule has 130 valence electrons. The van der Waals surface area contributed by atoms with Gasteiger partial charge in [-0.3, -0.25) is 0 Å². The van der Waals surface area contributed by atoms with Crippen molar-refractivity contribution in [1.82, 2.24) is 5.32 Å². The number of esters is 2. The van der Waals surface area contributed by atoms with Gasteiger partial charge in [-0.05, 0) is 6.42 Å². The molecule has 1 aliphatic rings. The standard InChI is InChI=1S/C16H25NO6/c1-6-7-10-13(15(18)22-4)11(8-20-2)17-12(9-21-3)14(10)16(19)23-5/h10,17H,6-9H2,1-5H3. The van der Waals surface area contributed by atoms with Crippen LogP contribution in [0.2, 0.25) is 0 Å². The van der Waals surface area contributed by atoms with E-state index in [1.807, 2.05) is 6.92 Å². The summed E-state index contributed by atoms with van der Waals surface area (Å²) >= 11 is 0. The summed E-state index contributed by atoms with van der Waals surface area (Å²) in [6.45, 7) is 2.39. The fourth-order valence-corrected chi connectivity index (χ4v) is 2.73. The van der Waals surface area contributed by atoms with Crippen LogP contribution in [-0.4, -0.2) is 53.6 Å². The summed E-state index contributed by atoms with van der Waals surface area (Å²) in [5.74, 6) is -1.39. The highest BCUT2D eigenvalue weighted by molar-refractivity contribution is 5.97. The molecule has 0 spiro atoms. The van der Waals surface area contributed by atoms with Gasteiger partial charge < -0.3 is 24.3 Å². The predicted octanol–water partition coefficient (Wildman–Crippen LogP) is 1.15. The van der Waals surface area contributed by atoms with Gasteiger partial charge in [-0.15, -0.1) is 0 Å². The molecule has 0 bridgehead atoms. The maximum atomic E-state index is 12.3. The second-order valence-corrected chi connectivity index (χ2v) is 5.10. The first-order valence-corrected chi connectivity index (χ1v) is 7.43. The Morgan fingerprint density at radius 2 is 1.35 bits per heavy atom. The average Bonchev–Trinajstić information content (AvgIpc) is 2.54. The van der Waals surface area contributed by atoms with Crippen molar-refractivity contribution >= 4 is 11.9 Å². The molecule has 0 aliphatic carbocycles. The first-order valence-electron chi connectivity index (χ1n) is 7.43. The molecule has 0 fully saturated rings. The van der Waals surface area contributed by atoms with E-state index in [4.69, 9.17) is 18.9 Å². The van der Waals surface area contributed by atoms with E-state index in [2.05, 4.69) is 5.32 Å². The average molecular weight is 327 g/mol. The number of hydrogen-bond acceptors (Lipinski definition) is 7. The van der Waals surface area contributed by atoms with Gasteiger partial charge in [0.15, 0.2) is 0 Å². The zero-order valence-electron chi connectivity index (χ0n) is 14.4. The minimum atomic E-state index is -0.485. The van der Waals surface area contributed by atoms with Crippen molar-refractivity contribution in [3.63, 3.8) is 0 Å². The largest absolute Gasteiger partial charge is 0.466 e. The van der Waals surface area contributed by atoms with E-state index in [0.717, 1.165) is 6.42 Å². The fraction of sp³-hybridized carbons (Fsp3) is 0.625. The van der Waals surface area contributed by atoms with Gasteiger partial charge in [-0.2, -0.15) is 0 Å². The minimum absolute atomic E-state index is 0.201. The van der Waals surface area contributed by atoms with Gasteiger partial charge in [-0.25, -0.2) is 9.59 Å². The Balaban J connectivity index is 3.46. The van der Waals surface area contributed by atoms with Crippen LogP contribution in [0, 0.1) is 5.92 Å². The Morgan fingerprint density at radius 1 is 0.913 bits per heavy atom. The maximum absolute atomic E-state index is 12.3. The van der Waals surface area contributed by atoms with E-state index in [0.29, 0.717) is 29.0 Å². The number of carbonyl (C=O) groups excluding carboxylic acids is 2. The van der Waals surface area contributed by atoms with Crippen molar-refractivity contribution in [3.8, 4) is 0 Å². The Hall–Kier alpha value is -1.86. The lowest BCUT2D eigenvalue weighted by Crippen LogP contribution is -2.37. The van der Waals surface area contributed by atoms with Crippen LogP contribution in [0.1, 0.15) is 19.8 Å². The number of dihydropyridines is 1. The van der Waals surface area contributed by atoms with Gasteiger partial charge in [-0.1, -0.05) is 13.3 Å². The molecule has 1 N–H and O–H groups in total. The number of methoxy groups -OCH3 is 4. The van der Waals surface area contributed by atoms with Crippen molar-refractivity contribution in [2.24, 2.45) is 5.92 Å². The molecule has 0 atom stereocenters. The minimum Gasteiger partial charge on any atom is -0.466 e. The normalized spacial score (nSPS) is 15.5. The molecule has 0 aromatic heterocycles. The number of nitrogens with one attached hydrogen (secondary N) is 1. The molecule has 0 amide bonds. The number of carbonyl (C=O) groups is 2. The summed E-state index contributed by atoms with van der Waals surface area (Å²) < 4.78 is 20.1. The monoisotopic (exact) mass is 327 g/mol. The Kier molecular flexibility index (Phi) is 7.77. The Labute approximate surface area is 136 Å². The zero-order chi connectivity index (χ0) is 17.4. The zero-order valence-corrected chi connectivity index (χ0v) is 14.4. The molecule has 1 aliphatic heterocycles. The highest BCUT2D eigenvalue weighted by Crippen LogP contribution is 2.34. The topological polar surface area (TPSA) is 83.1 Å². The number of rotatable bonds is 8. The van der Waals surface area contributed by atoms with Gasteiger partial charge in [0.1, 0.15) is 0 Å². The predicted molar refractivity (Wildman–Crippen MR) is 83.4 cm³/mol. The van der Waals surface area contributed by atoms with Crippen molar-refractivity contribution in [1.29, 1.82) is 0 Å². The van der Waals surface area contributed by atoms with E-state index >= 15 is 0 Å². The van der Waals surface area contributed by atoms with Crippen LogP contribution in [-0.2, 0) is 28.5 Å². The molecule has 0 aromatic rings. The summed E-state index contributed by atoms with van der Waals surface area (Å²) in [7, 11) is 5.70. The molecule has 0 aromatic carbocycles. The quantitative estimate of drug-likeness (QED) is 0.670. The van der Waals surface area contributed by atoms with Crippen molar-refractivity contribution in [2.45, 2.75) is 19.8 Å². The molecule has 0 saturated carbocycles. The van der Waals surface area contributed by atoms with Crippen LogP contribution in [0.4, 0.5) is 0 Å². The van der Waals surface area contributed by atoms with Crippen LogP contribution < -0.4 is 5.32 Å². The van der Waals surface area contributed by atoms with Gasteiger partial charge in [0.05, 0.1) is 50.0 Å². The molecule has 7 heteroatoms. The number of ether oxygens (including phenoxy) is 4. The summed E-state index contributed by atoms with van der Waals surface area (Å²) in [5, 5.41) is 3.08. The molecular weight excluding hydrogens is 302 g/mol. The first kappa shape index (κ1) is 19.2. The van der Waals surface area contributed by atoms with Gasteiger partial charge in [0, 0.05) is 20.1 Å². The summed E-state index contributed by atoms with van der Waals surface area (Å²) in [6.07, 6.45) is 1.39. The van der Waals surface area contributed by atoms with Crippen LogP contribution in [0.3, 0.4) is 0 Å². The van der Waals surface area contributed by atoms with Crippen LogP contribution in [0.15, 0.2) is 22.5 Å². The smallest absolute Gasteiger partial charge is 0.336 e.